The predicted molar refractivity (Wildman–Crippen MR) is 105 cm³/mol. The Morgan fingerprint density at radius 2 is 1.76 bits per heavy atom. The summed E-state index contributed by atoms with van der Waals surface area (Å²) in [5.41, 5.74) is 5.29. The first kappa shape index (κ1) is 17.2. The van der Waals surface area contributed by atoms with Crippen LogP contribution in [0.4, 0.5) is 17.5 Å². The van der Waals surface area contributed by atoms with E-state index in [0.717, 1.165) is 33.3 Å². The molecule has 0 aliphatic rings. The van der Waals surface area contributed by atoms with Gasteiger partial charge in [-0.3, -0.25) is 0 Å². The lowest BCUT2D eigenvalue weighted by molar-refractivity contribution is 1.06. The van der Waals surface area contributed by atoms with Crippen molar-refractivity contribution in [3.8, 4) is 0 Å². The summed E-state index contributed by atoms with van der Waals surface area (Å²) in [6.07, 6.45) is 0. The molecule has 4 nitrogen and oxygen atoms in total. The summed E-state index contributed by atoms with van der Waals surface area (Å²) in [4.78, 5) is 9.05. The van der Waals surface area contributed by atoms with Crippen molar-refractivity contribution in [1.82, 2.24) is 9.97 Å². The number of aromatic nitrogens is 2. The fraction of sp³-hybridized carbons (Fsp3) is 0.200. The first-order valence-electron chi connectivity index (χ1n) is 8.18. The molecule has 0 radical (unpaired) electrons. The molecule has 2 N–H and O–H groups in total. The largest absolute Gasteiger partial charge is 0.366 e. The second kappa shape index (κ2) is 7.53. The number of aryl methyl sites for hydroxylation is 3. The van der Waals surface area contributed by atoms with Gasteiger partial charge < -0.3 is 10.6 Å². The highest BCUT2D eigenvalue weighted by Crippen LogP contribution is 2.22. The lowest BCUT2D eigenvalue weighted by Crippen LogP contribution is -2.06. The molecule has 2 aromatic carbocycles. The SMILES string of the molecule is Cc1ccc(C)c(Nc2nc(C)cc(NCc3ccccc3Cl)n2)c1. The van der Waals surface area contributed by atoms with Crippen molar-refractivity contribution >= 4 is 29.1 Å². The smallest absolute Gasteiger partial charge is 0.229 e. The van der Waals surface area contributed by atoms with E-state index in [1.54, 1.807) is 0 Å². The molecule has 0 aliphatic heterocycles. The molecule has 1 aromatic heterocycles. The van der Waals surface area contributed by atoms with Crippen molar-refractivity contribution in [1.29, 1.82) is 0 Å². The van der Waals surface area contributed by atoms with Crippen LogP contribution < -0.4 is 10.6 Å². The van der Waals surface area contributed by atoms with Gasteiger partial charge in [0.15, 0.2) is 0 Å². The molecule has 0 bridgehead atoms. The number of benzene rings is 2. The normalized spacial score (nSPS) is 10.6. The Labute approximate surface area is 153 Å². The predicted octanol–water partition coefficient (Wildman–Crippen LogP) is 5.41. The number of hydrogen-bond acceptors (Lipinski definition) is 4. The van der Waals surface area contributed by atoms with Gasteiger partial charge in [0.2, 0.25) is 5.95 Å². The summed E-state index contributed by atoms with van der Waals surface area (Å²) in [5.74, 6) is 1.34. The summed E-state index contributed by atoms with van der Waals surface area (Å²) >= 11 is 6.21. The Morgan fingerprint density at radius 1 is 0.960 bits per heavy atom. The molecule has 0 amide bonds. The van der Waals surface area contributed by atoms with Crippen LogP contribution in [-0.2, 0) is 6.54 Å². The second-order valence-corrected chi connectivity index (χ2v) is 6.51. The number of anilines is 3. The van der Waals surface area contributed by atoms with Gasteiger partial charge in [-0.1, -0.05) is 41.9 Å². The fourth-order valence-corrected chi connectivity index (χ4v) is 2.74. The van der Waals surface area contributed by atoms with Crippen LogP contribution in [0.1, 0.15) is 22.4 Å². The molecule has 128 valence electrons. The molecule has 0 aliphatic carbocycles. The summed E-state index contributed by atoms with van der Waals surface area (Å²) in [5, 5.41) is 7.38. The minimum absolute atomic E-state index is 0.579. The maximum Gasteiger partial charge on any atom is 0.229 e. The van der Waals surface area contributed by atoms with Crippen molar-refractivity contribution in [2.45, 2.75) is 27.3 Å². The highest BCUT2D eigenvalue weighted by molar-refractivity contribution is 6.31. The van der Waals surface area contributed by atoms with E-state index in [-0.39, 0.29) is 0 Å². The van der Waals surface area contributed by atoms with Gasteiger partial charge in [0.25, 0.3) is 0 Å². The maximum absolute atomic E-state index is 6.21. The average molecular weight is 353 g/mol. The lowest BCUT2D eigenvalue weighted by atomic mass is 10.1. The Bertz CT molecular complexity index is 893. The minimum atomic E-state index is 0.579. The molecule has 0 unspecified atom stereocenters. The summed E-state index contributed by atoms with van der Waals surface area (Å²) < 4.78 is 0. The van der Waals surface area contributed by atoms with Gasteiger partial charge in [-0.05, 0) is 49.6 Å². The van der Waals surface area contributed by atoms with Crippen molar-refractivity contribution in [3.63, 3.8) is 0 Å². The van der Waals surface area contributed by atoms with Crippen molar-refractivity contribution in [2.24, 2.45) is 0 Å². The zero-order valence-electron chi connectivity index (χ0n) is 14.6. The molecule has 0 saturated carbocycles. The molecule has 25 heavy (non-hydrogen) atoms. The monoisotopic (exact) mass is 352 g/mol. The van der Waals surface area contributed by atoms with Crippen molar-refractivity contribution in [2.75, 3.05) is 10.6 Å². The van der Waals surface area contributed by atoms with Crippen LogP contribution in [0.3, 0.4) is 0 Å². The molecule has 5 heteroatoms. The first-order chi connectivity index (χ1) is 12.0. The Kier molecular flexibility index (Phi) is 5.19. The van der Waals surface area contributed by atoms with Crippen molar-refractivity contribution in [3.05, 3.63) is 75.9 Å². The van der Waals surface area contributed by atoms with E-state index in [1.807, 2.05) is 37.3 Å². The standard InChI is InChI=1S/C20H21ClN4/c1-13-8-9-14(2)18(10-13)24-20-23-15(3)11-19(25-20)22-12-16-6-4-5-7-17(16)21/h4-11H,12H2,1-3H3,(H2,22,23,24,25). The van der Waals surface area contributed by atoms with Crippen LogP contribution in [0.15, 0.2) is 48.5 Å². The molecule has 1 heterocycles. The van der Waals surface area contributed by atoms with Gasteiger partial charge in [-0.2, -0.15) is 4.98 Å². The second-order valence-electron chi connectivity index (χ2n) is 6.11. The molecule has 3 aromatic rings. The summed E-state index contributed by atoms with van der Waals surface area (Å²) in [7, 11) is 0. The van der Waals surface area contributed by atoms with E-state index in [0.29, 0.717) is 12.5 Å². The van der Waals surface area contributed by atoms with E-state index in [4.69, 9.17) is 11.6 Å². The third-order valence-corrected chi connectivity index (χ3v) is 4.28. The number of nitrogens with zero attached hydrogens (tertiary/aromatic N) is 2. The van der Waals surface area contributed by atoms with E-state index in [1.165, 1.54) is 5.56 Å². The highest BCUT2D eigenvalue weighted by Gasteiger charge is 2.06. The van der Waals surface area contributed by atoms with Crippen LogP contribution >= 0.6 is 11.6 Å². The molecule has 0 fully saturated rings. The van der Waals surface area contributed by atoms with Gasteiger partial charge >= 0.3 is 0 Å². The zero-order valence-corrected chi connectivity index (χ0v) is 15.4. The molecule has 0 atom stereocenters. The molecule has 0 spiro atoms. The molecular formula is C20H21ClN4. The van der Waals surface area contributed by atoms with Crippen LogP contribution in [0, 0.1) is 20.8 Å². The van der Waals surface area contributed by atoms with Crippen LogP contribution in [-0.4, -0.2) is 9.97 Å². The van der Waals surface area contributed by atoms with Crippen LogP contribution in [0.25, 0.3) is 0 Å². The Balaban J connectivity index is 1.78. The highest BCUT2D eigenvalue weighted by atomic mass is 35.5. The molecule has 0 saturated heterocycles. The third kappa shape index (κ3) is 4.48. The van der Waals surface area contributed by atoms with E-state index < -0.39 is 0 Å². The Morgan fingerprint density at radius 3 is 2.56 bits per heavy atom. The van der Waals surface area contributed by atoms with Gasteiger partial charge in [0.05, 0.1) is 0 Å². The van der Waals surface area contributed by atoms with Crippen LogP contribution in [0.2, 0.25) is 5.02 Å². The van der Waals surface area contributed by atoms with Gasteiger partial charge in [0, 0.05) is 29.0 Å². The van der Waals surface area contributed by atoms with Gasteiger partial charge in [0.1, 0.15) is 5.82 Å². The van der Waals surface area contributed by atoms with E-state index in [9.17, 15) is 0 Å². The average Bonchev–Trinajstić information content (AvgIpc) is 2.57. The lowest BCUT2D eigenvalue weighted by Gasteiger charge is -2.12. The summed E-state index contributed by atoms with van der Waals surface area (Å²) in [6, 6.07) is 16.0. The third-order valence-electron chi connectivity index (χ3n) is 3.91. The number of halogens is 1. The zero-order chi connectivity index (χ0) is 17.8. The van der Waals surface area contributed by atoms with Crippen LogP contribution in [0.5, 0.6) is 0 Å². The first-order valence-corrected chi connectivity index (χ1v) is 8.56. The Hall–Kier alpha value is -2.59. The van der Waals surface area contributed by atoms with Gasteiger partial charge in [-0.15, -0.1) is 0 Å². The van der Waals surface area contributed by atoms with E-state index in [2.05, 4.69) is 52.6 Å². The quantitative estimate of drug-likeness (QED) is 0.644. The topological polar surface area (TPSA) is 49.8 Å². The van der Waals surface area contributed by atoms with Crippen molar-refractivity contribution < 1.29 is 0 Å². The summed E-state index contributed by atoms with van der Waals surface area (Å²) in [6.45, 7) is 6.70. The molecule has 3 rings (SSSR count). The van der Waals surface area contributed by atoms with Gasteiger partial charge in [-0.25, -0.2) is 4.98 Å². The minimum Gasteiger partial charge on any atom is -0.366 e. The number of rotatable bonds is 5. The maximum atomic E-state index is 6.21. The van der Waals surface area contributed by atoms with E-state index >= 15 is 0 Å². The number of hydrogen-bond donors (Lipinski definition) is 2. The number of nitrogens with one attached hydrogen (secondary N) is 2. The molecular weight excluding hydrogens is 332 g/mol. The fourth-order valence-electron chi connectivity index (χ4n) is 2.53.